The highest BCUT2D eigenvalue weighted by Gasteiger charge is 2.35. The van der Waals surface area contributed by atoms with Crippen molar-refractivity contribution < 1.29 is 18.3 Å². The minimum absolute atomic E-state index is 0.00315. The summed E-state index contributed by atoms with van der Waals surface area (Å²) in [7, 11) is -3.94. The van der Waals surface area contributed by atoms with Crippen LogP contribution in [-0.2, 0) is 16.4 Å². The third-order valence-corrected chi connectivity index (χ3v) is 6.21. The van der Waals surface area contributed by atoms with Crippen molar-refractivity contribution in [2.45, 2.75) is 23.5 Å². The number of ether oxygens (including phenoxy) is 1. The average molecular weight is 396 g/mol. The third-order valence-electron chi connectivity index (χ3n) is 4.73. The number of benzene rings is 3. The van der Waals surface area contributed by atoms with Crippen LogP contribution in [-0.4, -0.2) is 19.6 Å². The number of nitrogens with two attached hydrogens (primary N) is 1. The minimum Gasteiger partial charge on any atom is -0.456 e. The fourth-order valence-electron chi connectivity index (χ4n) is 3.37. The van der Waals surface area contributed by atoms with Crippen LogP contribution in [0, 0.1) is 0 Å². The molecule has 28 heavy (non-hydrogen) atoms. The number of fused-ring (bicyclic) bond motifs is 1. The molecule has 6 nitrogen and oxygen atoms in total. The van der Waals surface area contributed by atoms with E-state index in [0.717, 1.165) is 11.1 Å². The lowest BCUT2D eigenvalue weighted by molar-refractivity contribution is 0.151. The monoisotopic (exact) mass is 396 g/mol. The van der Waals surface area contributed by atoms with Gasteiger partial charge in [0, 0.05) is 12.1 Å². The molecule has 1 aliphatic carbocycles. The van der Waals surface area contributed by atoms with E-state index in [1.54, 1.807) is 42.5 Å². The summed E-state index contributed by atoms with van der Waals surface area (Å²) in [5, 5.41) is 10.4. The molecule has 4 rings (SSSR count). The van der Waals surface area contributed by atoms with Crippen molar-refractivity contribution in [1.82, 2.24) is 4.72 Å². The molecule has 2 unspecified atom stereocenters. The number of para-hydroxylation sites is 1. The largest absolute Gasteiger partial charge is 0.456 e. The van der Waals surface area contributed by atoms with Crippen molar-refractivity contribution in [3.8, 4) is 11.5 Å². The summed E-state index contributed by atoms with van der Waals surface area (Å²) in [6.07, 6.45) is -0.412. The normalized spacial score (nSPS) is 18.6. The van der Waals surface area contributed by atoms with Gasteiger partial charge in [0.25, 0.3) is 0 Å². The molecule has 0 aliphatic heterocycles. The Morgan fingerprint density at radius 1 is 0.964 bits per heavy atom. The predicted octanol–water partition coefficient (Wildman–Crippen LogP) is 3.00. The molecule has 1 aliphatic rings. The molecule has 0 saturated heterocycles. The zero-order chi connectivity index (χ0) is 19.7. The van der Waals surface area contributed by atoms with Crippen LogP contribution < -0.4 is 15.2 Å². The van der Waals surface area contributed by atoms with E-state index < -0.39 is 22.2 Å². The van der Waals surface area contributed by atoms with Crippen LogP contribution in [0.2, 0.25) is 0 Å². The van der Waals surface area contributed by atoms with Crippen molar-refractivity contribution in [3.05, 3.63) is 83.9 Å². The Kier molecular flexibility index (Phi) is 4.80. The molecule has 3 aromatic rings. The maximum Gasteiger partial charge on any atom is 0.244 e. The Bertz CT molecular complexity index is 1100. The van der Waals surface area contributed by atoms with Crippen LogP contribution in [0.15, 0.2) is 77.7 Å². The molecule has 7 heteroatoms. The predicted molar refractivity (Wildman–Crippen MR) is 107 cm³/mol. The quantitative estimate of drug-likeness (QED) is 0.576. The van der Waals surface area contributed by atoms with Gasteiger partial charge in [0.2, 0.25) is 10.0 Å². The van der Waals surface area contributed by atoms with Gasteiger partial charge in [-0.05, 0) is 47.5 Å². The van der Waals surface area contributed by atoms with E-state index in [-0.39, 0.29) is 10.6 Å². The second-order valence-electron chi connectivity index (χ2n) is 6.69. The third kappa shape index (κ3) is 3.60. The lowest BCUT2D eigenvalue weighted by Gasteiger charge is -2.19. The zero-order valence-corrected chi connectivity index (χ0v) is 15.8. The van der Waals surface area contributed by atoms with Gasteiger partial charge in [-0.25, -0.2) is 13.1 Å². The molecule has 144 valence electrons. The summed E-state index contributed by atoms with van der Waals surface area (Å²) >= 11 is 0. The van der Waals surface area contributed by atoms with Crippen LogP contribution in [0.5, 0.6) is 11.5 Å². The summed E-state index contributed by atoms with van der Waals surface area (Å²) in [5.74, 6) is 0.670. The van der Waals surface area contributed by atoms with Gasteiger partial charge in [0.1, 0.15) is 16.4 Å². The zero-order valence-electron chi connectivity index (χ0n) is 14.9. The van der Waals surface area contributed by atoms with Crippen LogP contribution in [0.1, 0.15) is 17.2 Å². The summed E-state index contributed by atoms with van der Waals surface area (Å²) in [5.41, 5.74) is 7.99. The Labute approximate surface area is 163 Å². The van der Waals surface area contributed by atoms with Gasteiger partial charge >= 0.3 is 0 Å². The van der Waals surface area contributed by atoms with Crippen molar-refractivity contribution in [3.63, 3.8) is 0 Å². The Balaban J connectivity index is 1.64. The van der Waals surface area contributed by atoms with Gasteiger partial charge in [-0.3, -0.25) is 0 Å². The van der Waals surface area contributed by atoms with E-state index in [9.17, 15) is 13.5 Å². The molecule has 0 bridgehead atoms. The van der Waals surface area contributed by atoms with Crippen LogP contribution >= 0.6 is 0 Å². The maximum absolute atomic E-state index is 13.1. The molecule has 0 aromatic heterocycles. The molecule has 0 spiro atoms. The summed E-state index contributed by atoms with van der Waals surface area (Å²) in [6, 6.07) is 19.8. The van der Waals surface area contributed by atoms with E-state index in [1.165, 1.54) is 6.07 Å². The SMILES string of the molecule is Nc1ccc(Oc2ccccc2S(=O)(=O)NC2c3ccccc3CC2O)cc1. The Morgan fingerprint density at radius 3 is 2.43 bits per heavy atom. The first-order valence-corrected chi connectivity index (χ1v) is 10.3. The summed E-state index contributed by atoms with van der Waals surface area (Å²) < 4.78 is 34.6. The van der Waals surface area contributed by atoms with Gasteiger partial charge in [-0.1, -0.05) is 36.4 Å². The van der Waals surface area contributed by atoms with Gasteiger partial charge in [-0.2, -0.15) is 0 Å². The van der Waals surface area contributed by atoms with Crippen LogP contribution in [0.3, 0.4) is 0 Å². The number of hydrogen-bond donors (Lipinski definition) is 3. The summed E-state index contributed by atoms with van der Waals surface area (Å²) in [6.45, 7) is 0. The molecular formula is C21H20N2O4S. The molecule has 0 radical (unpaired) electrons. The van der Waals surface area contributed by atoms with E-state index >= 15 is 0 Å². The highest BCUT2D eigenvalue weighted by molar-refractivity contribution is 7.89. The van der Waals surface area contributed by atoms with Gasteiger partial charge in [-0.15, -0.1) is 0 Å². The first kappa shape index (κ1) is 18.5. The number of hydrogen-bond acceptors (Lipinski definition) is 5. The molecular weight excluding hydrogens is 376 g/mol. The molecule has 0 heterocycles. The molecule has 0 amide bonds. The first-order chi connectivity index (χ1) is 13.4. The van der Waals surface area contributed by atoms with Crippen molar-refractivity contribution >= 4 is 15.7 Å². The fraction of sp³-hybridized carbons (Fsp3) is 0.143. The minimum atomic E-state index is -3.94. The number of sulfonamides is 1. The number of rotatable bonds is 5. The summed E-state index contributed by atoms with van der Waals surface area (Å²) in [4.78, 5) is 0.00315. The van der Waals surface area contributed by atoms with Gasteiger partial charge < -0.3 is 15.6 Å². The topological polar surface area (TPSA) is 102 Å². The number of nitrogen functional groups attached to an aromatic ring is 1. The molecule has 0 fully saturated rings. The van der Waals surface area contributed by atoms with E-state index in [2.05, 4.69) is 4.72 Å². The highest BCUT2D eigenvalue weighted by atomic mass is 32.2. The second kappa shape index (κ2) is 7.27. The Morgan fingerprint density at radius 2 is 1.64 bits per heavy atom. The standard InChI is InChI=1S/C21H20N2O4S/c22-15-9-11-16(12-10-15)27-19-7-3-4-8-20(19)28(25,26)23-21-17-6-2-1-5-14(17)13-18(21)24/h1-12,18,21,23-24H,13,22H2. The maximum atomic E-state index is 13.1. The van der Waals surface area contributed by atoms with Gasteiger partial charge in [0.15, 0.2) is 0 Å². The van der Waals surface area contributed by atoms with E-state index in [4.69, 9.17) is 10.5 Å². The van der Waals surface area contributed by atoms with E-state index in [0.29, 0.717) is 17.9 Å². The van der Waals surface area contributed by atoms with E-state index in [1.807, 2.05) is 24.3 Å². The highest BCUT2D eigenvalue weighted by Crippen LogP contribution is 2.34. The molecule has 4 N–H and O–H groups in total. The molecule has 2 atom stereocenters. The van der Waals surface area contributed by atoms with Crippen molar-refractivity contribution in [1.29, 1.82) is 0 Å². The second-order valence-corrected chi connectivity index (χ2v) is 8.37. The number of anilines is 1. The van der Waals surface area contributed by atoms with Crippen molar-refractivity contribution in [2.75, 3.05) is 5.73 Å². The Hall–Kier alpha value is -2.87. The van der Waals surface area contributed by atoms with Gasteiger partial charge in [0.05, 0.1) is 12.1 Å². The number of nitrogens with one attached hydrogen (secondary N) is 1. The molecule has 0 saturated carbocycles. The first-order valence-electron chi connectivity index (χ1n) is 8.85. The van der Waals surface area contributed by atoms with Crippen molar-refractivity contribution in [2.24, 2.45) is 0 Å². The lowest BCUT2D eigenvalue weighted by Crippen LogP contribution is -2.34. The van der Waals surface area contributed by atoms with Crippen LogP contribution in [0.25, 0.3) is 0 Å². The molecule has 3 aromatic carbocycles. The fourth-order valence-corrected chi connectivity index (χ4v) is 4.74. The lowest BCUT2D eigenvalue weighted by atomic mass is 10.1. The number of aliphatic hydroxyl groups is 1. The van der Waals surface area contributed by atoms with Crippen LogP contribution in [0.4, 0.5) is 5.69 Å². The smallest absolute Gasteiger partial charge is 0.244 e. The number of aliphatic hydroxyl groups excluding tert-OH is 1. The average Bonchev–Trinajstić information content (AvgIpc) is 2.99.